The SMILES string of the molecule is CC(C)(N)CNC(=O)Oc1cc(-c2cnc3[nH]cc(C(=O)C4(C)CCCCC4)c3n2)cs1. The molecule has 1 amide bonds. The molecular weight excluding hydrogens is 426 g/mol. The van der Waals surface area contributed by atoms with Crippen molar-refractivity contribution in [2.45, 2.75) is 58.4 Å². The van der Waals surface area contributed by atoms with Crippen LogP contribution >= 0.6 is 11.3 Å². The Kier molecular flexibility index (Phi) is 6.05. The van der Waals surface area contributed by atoms with Crippen LogP contribution in [-0.4, -0.2) is 38.9 Å². The van der Waals surface area contributed by atoms with Gasteiger partial charge < -0.3 is 20.8 Å². The van der Waals surface area contributed by atoms with E-state index in [9.17, 15) is 9.59 Å². The summed E-state index contributed by atoms with van der Waals surface area (Å²) in [6, 6.07) is 1.74. The Bertz CT molecular complexity index is 1140. The van der Waals surface area contributed by atoms with Gasteiger partial charge in [-0.05, 0) is 26.7 Å². The largest absolute Gasteiger partial charge is 0.413 e. The highest BCUT2D eigenvalue weighted by atomic mass is 32.1. The third-order valence-electron chi connectivity index (χ3n) is 5.88. The van der Waals surface area contributed by atoms with Gasteiger partial charge in [-0.1, -0.05) is 26.2 Å². The van der Waals surface area contributed by atoms with Gasteiger partial charge in [0, 0.05) is 40.7 Å². The zero-order chi connectivity index (χ0) is 22.9. The molecule has 1 aliphatic carbocycles. The van der Waals surface area contributed by atoms with E-state index in [0.29, 0.717) is 34.0 Å². The molecule has 1 fully saturated rings. The summed E-state index contributed by atoms with van der Waals surface area (Å²) in [6.07, 6.45) is 7.97. The van der Waals surface area contributed by atoms with Gasteiger partial charge in [0.1, 0.15) is 5.52 Å². The second-order valence-electron chi connectivity index (χ2n) is 9.49. The van der Waals surface area contributed by atoms with Gasteiger partial charge in [-0.3, -0.25) is 4.79 Å². The fourth-order valence-electron chi connectivity index (χ4n) is 4.02. The molecule has 170 valence electrons. The summed E-state index contributed by atoms with van der Waals surface area (Å²) in [6.45, 7) is 6.00. The van der Waals surface area contributed by atoms with E-state index in [4.69, 9.17) is 15.5 Å². The molecule has 8 nitrogen and oxygen atoms in total. The smallest absolute Gasteiger partial charge is 0.399 e. The van der Waals surface area contributed by atoms with Crippen molar-refractivity contribution >= 4 is 34.4 Å². The van der Waals surface area contributed by atoms with Gasteiger partial charge >= 0.3 is 6.09 Å². The molecule has 0 spiro atoms. The zero-order valence-corrected chi connectivity index (χ0v) is 19.5. The third kappa shape index (κ3) is 4.83. The van der Waals surface area contributed by atoms with Gasteiger partial charge in [-0.25, -0.2) is 14.8 Å². The molecule has 1 aliphatic rings. The Morgan fingerprint density at radius 2 is 2.06 bits per heavy atom. The van der Waals surface area contributed by atoms with Crippen LogP contribution < -0.4 is 15.8 Å². The van der Waals surface area contributed by atoms with E-state index in [1.54, 1.807) is 18.5 Å². The highest BCUT2D eigenvalue weighted by Crippen LogP contribution is 2.40. The average molecular weight is 456 g/mol. The predicted molar refractivity (Wildman–Crippen MR) is 125 cm³/mol. The number of thiophene rings is 1. The van der Waals surface area contributed by atoms with Crippen LogP contribution in [0.5, 0.6) is 5.06 Å². The topological polar surface area (TPSA) is 123 Å². The lowest BCUT2D eigenvalue weighted by molar-refractivity contribution is 0.0751. The lowest BCUT2D eigenvalue weighted by Crippen LogP contribution is -2.45. The molecule has 0 radical (unpaired) electrons. The minimum atomic E-state index is -0.558. The van der Waals surface area contributed by atoms with E-state index < -0.39 is 11.6 Å². The number of rotatable bonds is 6. The van der Waals surface area contributed by atoms with Gasteiger partial charge in [0.2, 0.25) is 0 Å². The normalized spacial score (nSPS) is 16.1. The molecule has 3 aromatic rings. The van der Waals surface area contributed by atoms with Crippen molar-refractivity contribution in [2.24, 2.45) is 11.1 Å². The van der Waals surface area contributed by atoms with Crippen LogP contribution in [-0.2, 0) is 0 Å². The van der Waals surface area contributed by atoms with Crippen molar-refractivity contribution in [3.63, 3.8) is 0 Å². The molecule has 0 atom stereocenters. The van der Waals surface area contributed by atoms with E-state index >= 15 is 0 Å². The number of aromatic amines is 1. The second-order valence-corrected chi connectivity index (χ2v) is 10.4. The first kappa shape index (κ1) is 22.4. The van der Waals surface area contributed by atoms with Crippen LogP contribution in [0.1, 0.15) is 63.2 Å². The molecule has 32 heavy (non-hydrogen) atoms. The molecule has 0 aliphatic heterocycles. The highest BCUT2D eigenvalue weighted by Gasteiger charge is 2.36. The van der Waals surface area contributed by atoms with Crippen LogP contribution in [0.15, 0.2) is 23.8 Å². The molecule has 0 saturated heterocycles. The molecular formula is C23H29N5O3S. The maximum absolute atomic E-state index is 13.3. The second kappa shape index (κ2) is 8.63. The van der Waals surface area contributed by atoms with E-state index in [1.165, 1.54) is 17.8 Å². The molecule has 0 aromatic carbocycles. The standard InChI is InChI=1S/C23H29N5O3S/c1-22(2,24)13-27-21(30)31-17-9-14(12-32-17)16-11-26-20-18(28-16)15(10-25-20)19(29)23(3)7-5-4-6-8-23/h9-12H,4-8,13,24H2,1-3H3,(H,25,26)(H,27,30). The number of ketones is 1. The average Bonchev–Trinajstić information content (AvgIpc) is 3.38. The summed E-state index contributed by atoms with van der Waals surface area (Å²) in [4.78, 5) is 37.6. The number of hydrogen-bond acceptors (Lipinski definition) is 7. The van der Waals surface area contributed by atoms with Crippen molar-refractivity contribution in [3.05, 3.63) is 29.4 Å². The first-order valence-corrected chi connectivity index (χ1v) is 11.7. The number of aromatic nitrogens is 3. The lowest BCUT2D eigenvalue weighted by atomic mass is 9.71. The lowest BCUT2D eigenvalue weighted by Gasteiger charge is -2.31. The summed E-state index contributed by atoms with van der Waals surface area (Å²) >= 11 is 1.29. The van der Waals surface area contributed by atoms with E-state index in [2.05, 4.69) is 22.2 Å². The number of hydrogen-bond donors (Lipinski definition) is 3. The van der Waals surface area contributed by atoms with Gasteiger partial charge in [-0.15, -0.1) is 11.3 Å². The van der Waals surface area contributed by atoms with Crippen molar-refractivity contribution in [1.29, 1.82) is 0 Å². The summed E-state index contributed by atoms with van der Waals surface area (Å²) in [5.74, 6) is 0.128. The maximum Gasteiger partial charge on any atom is 0.413 e. The number of carbonyl (C=O) groups excluding carboxylic acids is 2. The number of nitrogens with one attached hydrogen (secondary N) is 2. The molecule has 0 unspecified atom stereocenters. The quantitative estimate of drug-likeness (QED) is 0.464. The van der Waals surface area contributed by atoms with Crippen molar-refractivity contribution < 1.29 is 14.3 Å². The number of nitrogens with zero attached hydrogens (tertiary/aromatic N) is 2. The van der Waals surface area contributed by atoms with Crippen LogP contribution in [0.4, 0.5) is 4.79 Å². The molecule has 3 heterocycles. The first-order valence-electron chi connectivity index (χ1n) is 10.9. The minimum Gasteiger partial charge on any atom is -0.399 e. The summed E-state index contributed by atoms with van der Waals surface area (Å²) < 4.78 is 5.34. The van der Waals surface area contributed by atoms with Crippen LogP contribution in [0.3, 0.4) is 0 Å². The molecule has 4 N–H and O–H groups in total. The Hall–Kier alpha value is -2.78. The Labute approximate surface area is 191 Å². The minimum absolute atomic E-state index is 0.128. The molecule has 4 rings (SSSR count). The van der Waals surface area contributed by atoms with Gasteiger partial charge in [-0.2, -0.15) is 0 Å². The fourth-order valence-corrected chi connectivity index (χ4v) is 4.77. The fraction of sp³-hybridized carbons (Fsp3) is 0.478. The molecule has 3 aromatic heterocycles. The van der Waals surface area contributed by atoms with E-state index in [0.717, 1.165) is 31.2 Å². The summed E-state index contributed by atoms with van der Waals surface area (Å²) in [7, 11) is 0. The van der Waals surface area contributed by atoms with E-state index in [1.807, 2.05) is 19.2 Å². The highest BCUT2D eigenvalue weighted by molar-refractivity contribution is 7.12. The van der Waals surface area contributed by atoms with Crippen LogP contribution in [0, 0.1) is 5.41 Å². The van der Waals surface area contributed by atoms with Crippen molar-refractivity contribution in [3.8, 4) is 16.3 Å². The number of ether oxygens (including phenoxy) is 1. The third-order valence-corrected chi connectivity index (χ3v) is 6.69. The molecule has 9 heteroatoms. The molecule has 0 bridgehead atoms. The number of carbonyl (C=O) groups is 2. The van der Waals surface area contributed by atoms with Gasteiger partial charge in [0.15, 0.2) is 16.5 Å². The van der Waals surface area contributed by atoms with E-state index in [-0.39, 0.29) is 11.2 Å². The first-order chi connectivity index (χ1) is 15.1. The monoisotopic (exact) mass is 455 g/mol. The number of Topliss-reactive ketones (excluding diaryl/α,β-unsaturated/α-hetero) is 1. The number of amides is 1. The Morgan fingerprint density at radius 3 is 2.78 bits per heavy atom. The van der Waals surface area contributed by atoms with Gasteiger partial charge in [0.05, 0.1) is 17.5 Å². The number of H-pyrrole nitrogens is 1. The van der Waals surface area contributed by atoms with Gasteiger partial charge in [0.25, 0.3) is 0 Å². The number of nitrogens with two attached hydrogens (primary N) is 1. The zero-order valence-electron chi connectivity index (χ0n) is 18.7. The summed E-state index contributed by atoms with van der Waals surface area (Å²) in [5, 5.41) is 4.93. The van der Waals surface area contributed by atoms with Crippen molar-refractivity contribution in [1.82, 2.24) is 20.3 Å². The van der Waals surface area contributed by atoms with Crippen LogP contribution in [0.2, 0.25) is 0 Å². The maximum atomic E-state index is 13.3. The van der Waals surface area contributed by atoms with Crippen molar-refractivity contribution in [2.75, 3.05) is 6.54 Å². The molecule has 1 saturated carbocycles. The predicted octanol–water partition coefficient (Wildman–Crippen LogP) is 4.67. The Balaban J connectivity index is 1.54. The van der Waals surface area contributed by atoms with Crippen LogP contribution in [0.25, 0.3) is 22.4 Å². The summed E-state index contributed by atoms with van der Waals surface area (Å²) in [5.41, 5.74) is 8.16. The Morgan fingerprint density at radius 1 is 1.31 bits per heavy atom. The number of fused-ring (bicyclic) bond motifs is 1.